The summed E-state index contributed by atoms with van der Waals surface area (Å²) in [6.07, 6.45) is 0.497. The maximum absolute atomic E-state index is 13.8. The van der Waals surface area contributed by atoms with Crippen LogP contribution in [0.4, 0.5) is 14.9 Å². The van der Waals surface area contributed by atoms with Gasteiger partial charge in [-0.25, -0.2) is 9.18 Å². The Morgan fingerprint density at radius 1 is 0.919 bits per heavy atom. The fourth-order valence-electron chi connectivity index (χ4n) is 3.96. The molecule has 0 bridgehead atoms. The van der Waals surface area contributed by atoms with Crippen LogP contribution in [0.1, 0.15) is 11.1 Å². The Labute approximate surface area is 213 Å². The molecule has 3 aromatic carbocycles. The molecule has 0 saturated carbocycles. The number of nitrogens with zero attached hydrogens (tertiary/aromatic N) is 2. The number of aryl methyl sites for hydroxylation is 2. The molecule has 0 aliphatic heterocycles. The van der Waals surface area contributed by atoms with Crippen LogP contribution in [0.3, 0.4) is 0 Å². The van der Waals surface area contributed by atoms with E-state index >= 15 is 0 Å². The van der Waals surface area contributed by atoms with Crippen LogP contribution < -0.4 is 23.8 Å². The Bertz CT molecular complexity index is 1440. The van der Waals surface area contributed by atoms with Gasteiger partial charge in [0.15, 0.2) is 23.1 Å². The van der Waals surface area contributed by atoms with Crippen molar-refractivity contribution < 1.29 is 33.2 Å². The number of para-hydroxylation sites is 1. The third kappa shape index (κ3) is 5.50. The summed E-state index contributed by atoms with van der Waals surface area (Å²) in [5.41, 5.74) is 2.58. The van der Waals surface area contributed by atoms with Gasteiger partial charge in [0.1, 0.15) is 18.1 Å². The van der Waals surface area contributed by atoms with E-state index in [0.717, 1.165) is 10.9 Å². The van der Waals surface area contributed by atoms with E-state index in [2.05, 4.69) is 4.98 Å². The SMILES string of the molecule is COc1cc2nccc(Oc3cc(C)c(N(CCOc4ccccc4F)C(=O)O)cc3C)c2cc1OC. The predicted molar refractivity (Wildman–Crippen MR) is 138 cm³/mol. The first-order valence-corrected chi connectivity index (χ1v) is 11.5. The van der Waals surface area contributed by atoms with Crippen molar-refractivity contribution in [1.29, 1.82) is 0 Å². The number of hydrogen-bond donors (Lipinski definition) is 1. The van der Waals surface area contributed by atoms with Crippen LogP contribution in [-0.2, 0) is 0 Å². The Morgan fingerprint density at radius 2 is 1.65 bits per heavy atom. The van der Waals surface area contributed by atoms with E-state index in [0.29, 0.717) is 39.8 Å². The second kappa shape index (κ2) is 11.0. The summed E-state index contributed by atoms with van der Waals surface area (Å²) < 4.78 is 36.3. The first-order chi connectivity index (χ1) is 17.8. The minimum absolute atomic E-state index is 0.0147. The molecule has 0 atom stereocenters. The molecule has 9 heteroatoms. The molecule has 4 aromatic rings. The van der Waals surface area contributed by atoms with Gasteiger partial charge in [0.2, 0.25) is 0 Å². The maximum Gasteiger partial charge on any atom is 0.411 e. The zero-order valence-corrected chi connectivity index (χ0v) is 20.9. The van der Waals surface area contributed by atoms with Crippen molar-refractivity contribution in [2.75, 3.05) is 32.3 Å². The number of carboxylic acid groups (broad SMARTS) is 1. The molecular weight excluding hydrogens is 479 g/mol. The van der Waals surface area contributed by atoms with Gasteiger partial charge in [-0.1, -0.05) is 12.1 Å². The molecule has 4 rings (SSSR count). The summed E-state index contributed by atoms with van der Waals surface area (Å²) in [5.74, 6) is 1.81. The lowest BCUT2D eigenvalue weighted by molar-refractivity contribution is 0.199. The number of fused-ring (bicyclic) bond motifs is 1. The zero-order chi connectivity index (χ0) is 26.5. The first kappa shape index (κ1) is 25.6. The molecular formula is C28H27FN2O6. The molecule has 0 aliphatic rings. The number of ether oxygens (including phenoxy) is 4. The van der Waals surface area contributed by atoms with Crippen molar-refractivity contribution in [2.45, 2.75) is 13.8 Å². The smallest absolute Gasteiger partial charge is 0.411 e. The van der Waals surface area contributed by atoms with Crippen LogP contribution in [0.15, 0.2) is 60.8 Å². The van der Waals surface area contributed by atoms with Gasteiger partial charge in [-0.05, 0) is 61.4 Å². The summed E-state index contributed by atoms with van der Waals surface area (Å²) in [5, 5.41) is 10.6. The molecule has 0 radical (unpaired) electrons. The normalized spacial score (nSPS) is 10.7. The van der Waals surface area contributed by atoms with E-state index < -0.39 is 11.9 Å². The van der Waals surface area contributed by atoms with Crippen LogP contribution >= 0.6 is 0 Å². The minimum Gasteiger partial charge on any atom is -0.493 e. The van der Waals surface area contributed by atoms with E-state index in [1.165, 1.54) is 17.0 Å². The summed E-state index contributed by atoms with van der Waals surface area (Å²) in [6, 6.07) is 14.8. The number of pyridine rings is 1. The number of carbonyl (C=O) groups is 1. The number of amides is 1. The number of benzene rings is 3. The number of methoxy groups -OCH3 is 2. The molecule has 1 aromatic heterocycles. The summed E-state index contributed by atoms with van der Waals surface area (Å²) in [4.78, 5) is 17.6. The fourth-order valence-corrected chi connectivity index (χ4v) is 3.96. The monoisotopic (exact) mass is 506 g/mol. The van der Waals surface area contributed by atoms with Crippen molar-refractivity contribution in [1.82, 2.24) is 4.98 Å². The standard InChI is InChI=1S/C28H27FN2O6/c1-17-14-25(37-23-9-10-30-21-16-27(35-4)26(34-3)15-19(21)23)18(2)13-22(17)31(28(32)33)11-12-36-24-8-6-5-7-20(24)29/h5-10,13-16H,11-12H2,1-4H3,(H,32,33). The number of halogens is 1. The Kier molecular flexibility index (Phi) is 7.62. The zero-order valence-electron chi connectivity index (χ0n) is 20.9. The Balaban J connectivity index is 1.59. The third-order valence-electron chi connectivity index (χ3n) is 5.85. The molecule has 192 valence electrons. The number of anilines is 1. The van der Waals surface area contributed by atoms with Gasteiger partial charge in [-0.15, -0.1) is 0 Å². The van der Waals surface area contributed by atoms with Crippen LogP contribution in [0.2, 0.25) is 0 Å². The summed E-state index contributed by atoms with van der Waals surface area (Å²) >= 11 is 0. The van der Waals surface area contributed by atoms with Gasteiger partial charge in [0, 0.05) is 17.6 Å². The summed E-state index contributed by atoms with van der Waals surface area (Å²) in [6.45, 7) is 3.63. The molecule has 0 spiro atoms. The van der Waals surface area contributed by atoms with Crippen molar-refractivity contribution in [3.05, 3.63) is 77.7 Å². The average Bonchev–Trinajstić information content (AvgIpc) is 2.89. The minimum atomic E-state index is -1.14. The Morgan fingerprint density at radius 3 is 2.35 bits per heavy atom. The van der Waals surface area contributed by atoms with Gasteiger partial charge in [0.25, 0.3) is 0 Å². The van der Waals surface area contributed by atoms with Crippen LogP contribution in [0, 0.1) is 19.7 Å². The van der Waals surface area contributed by atoms with Gasteiger partial charge < -0.3 is 24.1 Å². The molecule has 8 nitrogen and oxygen atoms in total. The van der Waals surface area contributed by atoms with Crippen molar-refractivity contribution in [3.63, 3.8) is 0 Å². The maximum atomic E-state index is 13.8. The van der Waals surface area contributed by atoms with Crippen molar-refractivity contribution >= 4 is 22.7 Å². The first-order valence-electron chi connectivity index (χ1n) is 11.5. The highest BCUT2D eigenvalue weighted by Crippen LogP contribution is 2.38. The lowest BCUT2D eigenvalue weighted by atomic mass is 10.1. The van der Waals surface area contributed by atoms with Gasteiger partial charge in [-0.3, -0.25) is 9.88 Å². The summed E-state index contributed by atoms with van der Waals surface area (Å²) in [7, 11) is 3.12. The molecule has 0 saturated heterocycles. The quantitative estimate of drug-likeness (QED) is 0.282. The molecule has 1 amide bonds. The number of hydrogen-bond acceptors (Lipinski definition) is 6. The van der Waals surface area contributed by atoms with E-state index in [1.54, 1.807) is 69.8 Å². The van der Waals surface area contributed by atoms with Crippen molar-refractivity contribution in [3.8, 4) is 28.7 Å². The molecule has 1 heterocycles. The largest absolute Gasteiger partial charge is 0.493 e. The van der Waals surface area contributed by atoms with Gasteiger partial charge in [-0.2, -0.15) is 0 Å². The highest BCUT2D eigenvalue weighted by molar-refractivity contribution is 5.89. The predicted octanol–water partition coefficient (Wildman–Crippen LogP) is 6.36. The van der Waals surface area contributed by atoms with Crippen LogP contribution in [0.5, 0.6) is 28.7 Å². The fraction of sp³-hybridized carbons (Fsp3) is 0.214. The second-order valence-corrected chi connectivity index (χ2v) is 8.25. The molecule has 37 heavy (non-hydrogen) atoms. The van der Waals surface area contributed by atoms with Gasteiger partial charge in [0.05, 0.1) is 32.0 Å². The lowest BCUT2D eigenvalue weighted by Crippen LogP contribution is -2.34. The van der Waals surface area contributed by atoms with E-state index in [4.69, 9.17) is 18.9 Å². The van der Waals surface area contributed by atoms with E-state index in [-0.39, 0.29) is 18.9 Å². The lowest BCUT2D eigenvalue weighted by Gasteiger charge is -2.23. The number of aromatic nitrogens is 1. The van der Waals surface area contributed by atoms with E-state index in [9.17, 15) is 14.3 Å². The molecule has 0 fully saturated rings. The molecule has 0 aliphatic carbocycles. The number of rotatable bonds is 9. The van der Waals surface area contributed by atoms with Crippen molar-refractivity contribution in [2.24, 2.45) is 0 Å². The highest BCUT2D eigenvalue weighted by atomic mass is 19.1. The average molecular weight is 507 g/mol. The molecule has 0 unspecified atom stereocenters. The van der Waals surface area contributed by atoms with Crippen LogP contribution in [0.25, 0.3) is 10.9 Å². The highest BCUT2D eigenvalue weighted by Gasteiger charge is 2.20. The Hall–Kier alpha value is -4.53. The van der Waals surface area contributed by atoms with E-state index in [1.807, 2.05) is 6.92 Å². The van der Waals surface area contributed by atoms with Crippen LogP contribution in [-0.4, -0.2) is 43.6 Å². The molecule has 1 N–H and O–H groups in total. The topological polar surface area (TPSA) is 90.4 Å². The second-order valence-electron chi connectivity index (χ2n) is 8.25. The van der Waals surface area contributed by atoms with Gasteiger partial charge >= 0.3 is 6.09 Å². The third-order valence-corrected chi connectivity index (χ3v) is 5.85.